The van der Waals surface area contributed by atoms with Gasteiger partial charge in [-0.15, -0.1) is 24.5 Å². The number of allylic oxidation sites excluding steroid dienone is 6. The summed E-state index contributed by atoms with van der Waals surface area (Å²) in [5.41, 5.74) is 3.59. The molecule has 0 radical (unpaired) electrons. The molecule has 2 aliphatic heterocycles. The molecule has 7 heteroatoms. The Morgan fingerprint density at radius 1 is 1.16 bits per heavy atom. The molecule has 0 aromatic carbocycles. The van der Waals surface area contributed by atoms with Crippen LogP contribution in [0, 0.1) is 5.41 Å². The third-order valence-electron chi connectivity index (χ3n) is 5.70. The molecule has 3 heterocycles. The number of aromatic nitrogens is 1. The molecule has 1 amide bonds. The molecule has 1 saturated heterocycles. The number of thiazole rings is 1. The Balaban J connectivity index is 0.00000119. The van der Waals surface area contributed by atoms with Crippen LogP contribution in [0.4, 0.5) is 0 Å². The highest BCUT2D eigenvalue weighted by atomic mass is 32.1. The number of hydrogen-bond acceptors (Lipinski definition) is 6. The quantitative estimate of drug-likeness (QED) is 0.215. The summed E-state index contributed by atoms with van der Waals surface area (Å²) in [5, 5.41) is 14.4. The van der Waals surface area contributed by atoms with E-state index in [-0.39, 0.29) is 12.0 Å². The summed E-state index contributed by atoms with van der Waals surface area (Å²) < 4.78 is 0. The maximum atomic E-state index is 11.9. The molecule has 1 unspecified atom stereocenters. The van der Waals surface area contributed by atoms with Gasteiger partial charge in [0.1, 0.15) is 5.71 Å². The fourth-order valence-electron chi connectivity index (χ4n) is 3.83. The summed E-state index contributed by atoms with van der Waals surface area (Å²) in [7, 11) is 0. The lowest BCUT2D eigenvalue weighted by atomic mass is 9.97. The molecule has 1 N–H and O–H groups in total. The molecule has 0 spiro atoms. The first kappa shape index (κ1) is 34.9. The largest absolute Gasteiger partial charge is 0.387 e. The molecule has 2 aliphatic rings. The van der Waals surface area contributed by atoms with Crippen molar-refractivity contribution in [2.24, 2.45) is 5.16 Å². The minimum Gasteiger partial charge on any atom is -0.387 e. The standard InChI is InChI=1S/C22H29N3O2S.C5H9N.C2H6.C2H4/c1-4-7-8-9-16(5-2)20-14-18(24-27-20)19-15-28-22(23-19)17-10-12-25(13-11-17)21(26)6-3;1-3-4-5(2)6;2*1-2/h4-5,7-9,15,17,20H,6,10-14H2,1-3H3;3-4,6H,1-2H3;1-2H3;1-2H2/b7-4-,9-8-,16-5+;4-3+,6-5?;;. The molecule has 6 nitrogen and oxygen atoms in total. The van der Waals surface area contributed by atoms with E-state index in [0.717, 1.165) is 54.3 Å². The zero-order valence-corrected chi connectivity index (χ0v) is 25.3. The second kappa shape index (κ2) is 20.9. The Morgan fingerprint density at radius 2 is 1.82 bits per heavy atom. The second-order valence-electron chi connectivity index (χ2n) is 8.27. The van der Waals surface area contributed by atoms with E-state index in [4.69, 9.17) is 15.2 Å². The average molecular weight is 541 g/mol. The number of rotatable bonds is 7. The third kappa shape index (κ3) is 12.0. The van der Waals surface area contributed by atoms with E-state index in [1.54, 1.807) is 24.3 Å². The monoisotopic (exact) mass is 540 g/mol. The molecular formula is C31H48N4O2S. The van der Waals surface area contributed by atoms with Crippen molar-refractivity contribution in [2.75, 3.05) is 13.1 Å². The smallest absolute Gasteiger partial charge is 0.222 e. The Labute approximate surface area is 235 Å². The molecule has 1 aromatic rings. The summed E-state index contributed by atoms with van der Waals surface area (Å²) in [6.07, 6.45) is 17.0. The van der Waals surface area contributed by atoms with Crippen LogP contribution in [-0.2, 0) is 9.63 Å². The number of oxime groups is 1. The van der Waals surface area contributed by atoms with Crippen LogP contribution < -0.4 is 0 Å². The highest BCUT2D eigenvalue weighted by molar-refractivity contribution is 7.10. The van der Waals surface area contributed by atoms with Crippen LogP contribution in [0.1, 0.15) is 90.8 Å². The average Bonchev–Trinajstić information content (AvgIpc) is 3.64. The molecular weight excluding hydrogens is 492 g/mol. The molecule has 0 saturated carbocycles. The maximum Gasteiger partial charge on any atom is 0.222 e. The van der Waals surface area contributed by atoms with Crippen LogP contribution in [0.3, 0.4) is 0 Å². The van der Waals surface area contributed by atoms with Crippen LogP contribution in [0.15, 0.2) is 71.8 Å². The van der Waals surface area contributed by atoms with E-state index in [1.165, 1.54) is 0 Å². The predicted molar refractivity (Wildman–Crippen MR) is 166 cm³/mol. The highest BCUT2D eigenvalue weighted by Gasteiger charge is 2.28. The van der Waals surface area contributed by atoms with E-state index in [1.807, 2.05) is 70.7 Å². The van der Waals surface area contributed by atoms with Crippen LogP contribution in [-0.4, -0.2) is 46.4 Å². The number of amides is 1. The van der Waals surface area contributed by atoms with Crippen molar-refractivity contribution in [1.82, 2.24) is 9.88 Å². The Kier molecular flexibility index (Phi) is 19.3. The first-order valence-electron chi connectivity index (χ1n) is 13.5. The zero-order chi connectivity index (χ0) is 28.9. The number of hydrogen-bond donors (Lipinski definition) is 1. The van der Waals surface area contributed by atoms with Crippen molar-refractivity contribution in [1.29, 1.82) is 5.41 Å². The fourth-order valence-corrected chi connectivity index (χ4v) is 4.83. The second-order valence-corrected chi connectivity index (χ2v) is 9.16. The molecule has 210 valence electrons. The molecule has 3 rings (SSSR count). The van der Waals surface area contributed by atoms with E-state index < -0.39 is 0 Å². The number of carbonyl (C=O) groups excluding carboxylic acids is 1. The number of likely N-dealkylation sites (tertiary alicyclic amines) is 1. The van der Waals surface area contributed by atoms with Crippen molar-refractivity contribution >= 4 is 28.7 Å². The molecule has 38 heavy (non-hydrogen) atoms. The van der Waals surface area contributed by atoms with Crippen molar-refractivity contribution in [3.63, 3.8) is 0 Å². The number of carbonyl (C=O) groups is 1. The van der Waals surface area contributed by atoms with Crippen LogP contribution in [0.25, 0.3) is 0 Å². The van der Waals surface area contributed by atoms with E-state index >= 15 is 0 Å². The van der Waals surface area contributed by atoms with Gasteiger partial charge in [-0.3, -0.25) is 4.79 Å². The minimum atomic E-state index is -0.0463. The molecule has 0 aliphatic carbocycles. The molecule has 1 atom stereocenters. The Morgan fingerprint density at radius 3 is 2.32 bits per heavy atom. The van der Waals surface area contributed by atoms with Gasteiger partial charge in [-0.25, -0.2) is 4.98 Å². The van der Waals surface area contributed by atoms with Crippen molar-refractivity contribution < 1.29 is 9.63 Å². The summed E-state index contributed by atoms with van der Waals surface area (Å²) in [4.78, 5) is 24.4. The summed E-state index contributed by atoms with van der Waals surface area (Å²) in [5.74, 6) is 0.693. The topological polar surface area (TPSA) is 78.6 Å². The van der Waals surface area contributed by atoms with Gasteiger partial charge < -0.3 is 15.1 Å². The molecule has 0 bridgehead atoms. The first-order valence-corrected chi connectivity index (χ1v) is 14.4. The van der Waals surface area contributed by atoms with Crippen molar-refractivity contribution in [2.45, 2.75) is 86.2 Å². The number of nitrogens with one attached hydrogen (secondary N) is 1. The van der Waals surface area contributed by atoms with Gasteiger partial charge in [0.05, 0.1) is 10.7 Å². The van der Waals surface area contributed by atoms with Gasteiger partial charge in [-0.05, 0) is 52.2 Å². The van der Waals surface area contributed by atoms with Gasteiger partial charge in [0.2, 0.25) is 5.91 Å². The van der Waals surface area contributed by atoms with Crippen molar-refractivity contribution in [3.8, 4) is 0 Å². The van der Waals surface area contributed by atoms with Gasteiger partial charge in [0, 0.05) is 42.9 Å². The fraction of sp³-hybridized carbons (Fsp3) is 0.484. The van der Waals surface area contributed by atoms with Gasteiger partial charge in [0.15, 0.2) is 6.10 Å². The third-order valence-corrected chi connectivity index (χ3v) is 6.71. The highest BCUT2D eigenvalue weighted by Crippen LogP contribution is 2.32. The van der Waals surface area contributed by atoms with Gasteiger partial charge in [-0.1, -0.05) is 62.4 Å². The summed E-state index contributed by atoms with van der Waals surface area (Å²) in [6, 6.07) is 0. The normalized spacial score (nSPS) is 17.7. The number of nitrogens with zero attached hydrogens (tertiary/aromatic N) is 3. The van der Waals surface area contributed by atoms with Crippen LogP contribution in [0.2, 0.25) is 0 Å². The zero-order valence-electron chi connectivity index (χ0n) is 24.5. The van der Waals surface area contributed by atoms with E-state index in [0.29, 0.717) is 18.1 Å². The lowest BCUT2D eigenvalue weighted by Crippen LogP contribution is -2.37. The van der Waals surface area contributed by atoms with E-state index in [9.17, 15) is 4.79 Å². The predicted octanol–water partition coefficient (Wildman–Crippen LogP) is 8.26. The maximum absolute atomic E-state index is 11.9. The minimum absolute atomic E-state index is 0.0463. The first-order chi connectivity index (χ1) is 18.4. The SMILES string of the molecule is C/C=C/C(C)=N.C=C.CC.C\C=C/C=C\C(=C/C)C1CC(c2csc(C3CCN(C(=O)CC)CC3)n2)=NO1. The number of piperidine rings is 1. The van der Waals surface area contributed by atoms with Gasteiger partial charge in [-0.2, -0.15) is 0 Å². The lowest BCUT2D eigenvalue weighted by molar-refractivity contribution is -0.131. The van der Waals surface area contributed by atoms with Gasteiger partial charge in [0.25, 0.3) is 0 Å². The van der Waals surface area contributed by atoms with Crippen LogP contribution in [0.5, 0.6) is 0 Å². The molecule has 1 aromatic heterocycles. The lowest BCUT2D eigenvalue weighted by Gasteiger charge is -2.30. The van der Waals surface area contributed by atoms with Crippen LogP contribution >= 0.6 is 11.3 Å². The Bertz CT molecular complexity index is 980. The Hall–Kier alpha value is -3.06. The molecule has 1 fully saturated rings. The summed E-state index contributed by atoms with van der Waals surface area (Å²) in [6.45, 7) is 21.3. The van der Waals surface area contributed by atoms with Gasteiger partial charge >= 0.3 is 0 Å². The van der Waals surface area contributed by atoms with E-state index in [2.05, 4.69) is 35.8 Å². The summed E-state index contributed by atoms with van der Waals surface area (Å²) >= 11 is 1.70. The van der Waals surface area contributed by atoms with Crippen molar-refractivity contribution in [3.05, 3.63) is 77.3 Å².